The average molecular weight is 265 g/mol. The van der Waals surface area contributed by atoms with Crippen LogP contribution in [0.5, 0.6) is 0 Å². The summed E-state index contributed by atoms with van der Waals surface area (Å²) in [6.45, 7) is 1.49. The number of rotatable bonds is 2. The second-order valence-corrected chi connectivity index (χ2v) is 4.04. The van der Waals surface area contributed by atoms with Crippen molar-refractivity contribution in [3.8, 4) is 11.3 Å². The van der Waals surface area contributed by atoms with Crippen LogP contribution in [-0.2, 0) is 0 Å². The topological polar surface area (TPSA) is 45.8 Å². The highest BCUT2D eigenvalue weighted by Crippen LogP contribution is 2.26. The summed E-state index contributed by atoms with van der Waals surface area (Å²) in [6.07, 6.45) is 1.66. The fourth-order valence-electron chi connectivity index (χ4n) is 1.32. The van der Waals surface area contributed by atoms with E-state index in [4.69, 9.17) is 0 Å². The summed E-state index contributed by atoms with van der Waals surface area (Å²) in [4.78, 5) is 18.1. The fourth-order valence-corrected chi connectivity index (χ4v) is 1.82. The molecule has 76 valence electrons. The lowest BCUT2D eigenvalue weighted by Gasteiger charge is -1.99. The first kappa shape index (κ1) is 10.1. The van der Waals surface area contributed by atoms with Gasteiger partial charge in [-0.1, -0.05) is 34.1 Å². The number of nitrogens with one attached hydrogen (secondary N) is 1. The number of hydrogen-bond donors (Lipinski definition) is 1. The SMILES string of the molecule is CC(=O)c1ncc(-c2ccccc2Br)[nH]1. The molecule has 1 aromatic carbocycles. The molecule has 0 atom stereocenters. The van der Waals surface area contributed by atoms with Crippen molar-refractivity contribution in [1.82, 2.24) is 9.97 Å². The molecular formula is C11H9BrN2O. The van der Waals surface area contributed by atoms with Crippen LogP contribution < -0.4 is 0 Å². The predicted molar refractivity (Wildman–Crippen MR) is 61.7 cm³/mol. The van der Waals surface area contributed by atoms with Gasteiger partial charge in [-0.2, -0.15) is 0 Å². The zero-order valence-electron chi connectivity index (χ0n) is 8.12. The van der Waals surface area contributed by atoms with Crippen LogP contribution in [0.4, 0.5) is 0 Å². The van der Waals surface area contributed by atoms with E-state index >= 15 is 0 Å². The molecule has 0 aliphatic carbocycles. The van der Waals surface area contributed by atoms with Crippen molar-refractivity contribution in [2.45, 2.75) is 6.92 Å². The third-order valence-electron chi connectivity index (χ3n) is 2.07. The molecule has 2 rings (SSSR count). The Balaban J connectivity index is 2.46. The largest absolute Gasteiger partial charge is 0.335 e. The van der Waals surface area contributed by atoms with Crippen molar-refractivity contribution in [3.05, 3.63) is 40.8 Å². The van der Waals surface area contributed by atoms with Crippen molar-refractivity contribution in [1.29, 1.82) is 0 Å². The van der Waals surface area contributed by atoms with Crippen LogP contribution in [0.2, 0.25) is 0 Å². The lowest BCUT2D eigenvalue weighted by molar-refractivity contribution is 0.100. The van der Waals surface area contributed by atoms with Crippen molar-refractivity contribution < 1.29 is 4.79 Å². The van der Waals surface area contributed by atoms with Crippen LogP contribution in [0.15, 0.2) is 34.9 Å². The highest BCUT2D eigenvalue weighted by molar-refractivity contribution is 9.10. The number of carbonyl (C=O) groups is 1. The number of aromatic nitrogens is 2. The molecule has 1 heterocycles. The summed E-state index contributed by atoms with van der Waals surface area (Å²) < 4.78 is 0.976. The Morgan fingerprint density at radius 3 is 2.73 bits per heavy atom. The van der Waals surface area contributed by atoms with E-state index in [0.717, 1.165) is 15.7 Å². The van der Waals surface area contributed by atoms with Crippen molar-refractivity contribution >= 4 is 21.7 Å². The van der Waals surface area contributed by atoms with Gasteiger partial charge < -0.3 is 4.98 Å². The van der Waals surface area contributed by atoms with E-state index in [1.54, 1.807) is 6.20 Å². The van der Waals surface area contributed by atoms with E-state index in [2.05, 4.69) is 25.9 Å². The molecule has 1 aromatic heterocycles. The standard InChI is InChI=1S/C11H9BrN2O/c1-7(15)11-13-6-10(14-11)8-4-2-3-5-9(8)12/h2-6H,1H3,(H,13,14). The predicted octanol–water partition coefficient (Wildman–Crippen LogP) is 3.04. The summed E-state index contributed by atoms with van der Waals surface area (Å²) in [5.74, 6) is 0.328. The molecule has 0 bridgehead atoms. The summed E-state index contributed by atoms with van der Waals surface area (Å²) >= 11 is 3.45. The number of Topliss-reactive ketones (excluding diaryl/α,β-unsaturated/α-hetero) is 1. The molecule has 0 unspecified atom stereocenters. The van der Waals surface area contributed by atoms with Crippen LogP contribution in [0.25, 0.3) is 11.3 Å². The Hall–Kier alpha value is -1.42. The van der Waals surface area contributed by atoms with Crippen molar-refractivity contribution in [3.63, 3.8) is 0 Å². The molecule has 0 aliphatic heterocycles. The molecule has 3 nitrogen and oxygen atoms in total. The number of benzene rings is 1. The molecule has 15 heavy (non-hydrogen) atoms. The van der Waals surface area contributed by atoms with Crippen LogP contribution in [0, 0.1) is 0 Å². The minimum atomic E-state index is -0.0618. The zero-order valence-corrected chi connectivity index (χ0v) is 9.71. The monoisotopic (exact) mass is 264 g/mol. The van der Waals surface area contributed by atoms with Gasteiger partial charge in [0.15, 0.2) is 11.6 Å². The molecule has 4 heteroatoms. The van der Waals surface area contributed by atoms with E-state index in [9.17, 15) is 4.79 Å². The van der Waals surface area contributed by atoms with Gasteiger partial charge >= 0.3 is 0 Å². The normalized spacial score (nSPS) is 10.3. The van der Waals surface area contributed by atoms with Gasteiger partial charge in [-0.15, -0.1) is 0 Å². The van der Waals surface area contributed by atoms with Crippen molar-refractivity contribution in [2.75, 3.05) is 0 Å². The summed E-state index contributed by atoms with van der Waals surface area (Å²) in [5, 5.41) is 0. The van der Waals surface area contributed by atoms with Crippen LogP contribution >= 0.6 is 15.9 Å². The number of halogens is 1. The Labute approximate surface area is 95.7 Å². The van der Waals surface area contributed by atoms with E-state index in [1.165, 1.54) is 6.92 Å². The molecule has 0 radical (unpaired) electrons. The van der Waals surface area contributed by atoms with Gasteiger partial charge in [-0.3, -0.25) is 4.79 Å². The number of aromatic amines is 1. The molecule has 0 fully saturated rings. The smallest absolute Gasteiger partial charge is 0.194 e. The lowest BCUT2D eigenvalue weighted by Crippen LogP contribution is -1.94. The van der Waals surface area contributed by atoms with Crippen LogP contribution in [0.3, 0.4) is 0 Å². The highest BCUT2D eigenvalue weighted by Gasteiger charge is 2.08. The van der Waals surface area contributed by atoms with Gasteiger partial charge in [0.2, 0.25) is 0 Å². The second kappa shape index (κ2) is 3.98. The molecule has 0 amide bonds. The quantitative estimate of drug-likeness (QED) is 0.848. The van der Waals surface area contributed by atoms with Gasteiger partial charge in [0.1, 0.15) is 0 Å². The first-order chi connectivity index (χ1) is 7.18. The average Bonchev–Trinajstić information content (AvgIpc) is 2.67. The molecule has 0 aliphatic rings. The molecular weight excluding hydrogens is 256 g/mol. The summed E-state index contributed by atoms with van der Waals surface area (Å²) in [6, 6.07) is 7.79. The molecule has 2 aromatic rings. The number of carbonyl (C=O) groups excluding carboxylic acids is 1. The lowest BCUT2D eigenvalue weighted by atomic mass is 10.2. The summed E-state index contributed by atoms with van der Waals surface area (Å²) in [5.41, 5.74) is 1.84. The first-order valence-corrected chi connectivity index (χ1v) is 5.28. The minimum Gasteiger partial charge on any atom is -0.335 e. The highest BCUT2D eigenvalue weighted by atomic mass is 79.9. The first-order valence-electron chi connectivity index (χ1n) is 4.49. The van der Waals surface area contributed by atoms with E-state index in [1.807, 2.05) is 24.3 Å². The van der Waals surface area contributed by atoms with Gasteiger partial charge in [0.25, 0.3) is 0 Å². The van der Waals surface area contributed by atoms with Gasteiger partial charge in [0, 0.05) is 17.0 Å². The van der Waals surface area contributed by atoms with E-state index in [0.29, 0.717) is 5.82 Å². The molecule has 0 saturated carbocycles. The number of ketones is 1. The zero-order chi connectivity index (χ0) is 10.8. The molecule has 1 N–H and O–H groups in total. The maximum absolute atomic E-state index is 11.1. The van der Waals surface area contributed by atoms with Gasteiger partial charge in [-0.05, 0) is 6.07 Å². The second-order valence-electron chi connectivity index (χ2n) is 3.18. The Kier molecular flexibility index (Phi) is 2.68. The van der Waals surface area contributed by atoms with Crippen molar-refractivity contribution in [2.24, 2.45) is 0 Å². The maximum Gasteiger partial charge on any atom is 0.194 e. The Bertz CT molecular complexity index is 505. The minimum absolute atomic E-state index is 0.0618. The van der Waals surface area contributed by atoms with Crippen LogP contribution in [-0.4, -0.2) is 15.8 Å². The number of nitrogens with zero attached hydrogens (tertiary/aromatic N) is 1. The van der Waals surface area contributed by atoms with Gasteiger partial charge in [0.05, 0.1) is 11.9 Å². The maximum atomic E-state index is 11.1. The fraction of sp³-hybridized carbons (Fsp3) is 0.0909. The van der Waals surface area contributed by atoms with Crippen LogP contribution in [0.1, 0.15) is 17.5 Å². The van der Waals surface area contributed by atoms with E-state index < -0.39 is 0 Å². The Morgan fingerprint density at radius 1 is 1.40 bits per heavy atom. The molecule has 0 saturated heterocycles. The van der Waals surface area contributed by atoms with Gasteiger partial charge in [-0.25, -0.2) is 4.98 Å². The summed E-state index contributed by atoms with van der Waals surface area (Å²) in [7, 11) is 0. The third-order valence-corrected chi connectivity index (χ3v) is 2.76. The molecule has 0 spiro atoms. The van der Waals surface area contributed by atoms with E-state index in [-0.39, 0.29) is 5.78 Å². The number of H-pyrrole nitrogens is 1. The number of hydrogen-bond acceptors (Lipinski definition) is 2. The third kappa shape index (κ3) is 1.99. The Morgan fingerprint density at radius 2 is 2.13 bits per heavy atom. The number of imidazole rings is 1.